The molecule has 0 N–H and O–H groups in total. The molecule has 1 aromatic carbocycles. The first kappa shape index (κ1) is 21.1. The van der Waals surface area contributed by atoms with Gasteiger partial charge in [-0.15, -0.1) is 21.5 Å². The quantitative estimate of drug-likeness (QED) is 0.373. The summed E-state index contributed by atoms with van der Waals surface area (Å²) in [6.07, 6.45) is 3.44. The average Bonchev–Trinajstić information content (AvgIpc) is 3.46. The van der Waals surface area contributed by atoms with E-state index in [1.165, 1.54) is 11.8 Å². The molecule has 0 bridgehead atoms. The summed E-state index contributed by atoms with van der Waals surface area (Å²) in [6.45, 7) is 0.518. The molecule has 4 aromatic rings. The number of aromatic nitrogens is 4. The minimum absolute atomic E-state index is 0.00275. The van der Waals surface area contributed by atoms with E-state index in [0.29, 0.717) is 11.7 Å². The predicted molar refractivity (Wildman–Crippen MR) is 123 cm³/mol. The maximum absolute atomic E-state index is 13.2. The largest absolute Gasteiger partial charge is 0.497 e. The van der Waals surface area contributed by atoms with Gasteiger partial charge in [-0.05, 0) is 47.8 Å². The van der Waals surface area contributed by atoms with Gasteiger partial charge in [0.15, 0.2) is 11.0 Å². The Morgan fingerprint density at radius 2 is 1.90 bits per heavy atom. The minimum atomic E-state index is -0.00275. The summed E-state index contributed by atoms with van der Waals surface area (Å²) in [7, 11) is 3.52. The third-order valence-electron chi connectivity index (χ3n) is 4.68. The van der Waals surface area contributed by atoms with Crippen LogP contribution in [0.4, 0.5) is 5.69 Å². The zero-order chi connectivity index (χ0) is 21.6. The predicted octanol–water partition coefficient (Wildman–Crippen LogP) is 4.27. The Morgan fingerprint density at radius 3 is 2.58 bits per heavy atom. The van der Waals surface area contributed by atoms with Gasteiger partial charge in [-0.3, -0.25) is 9.78 Å². The third kappa shape index (κ3) is 4.95. The van der Waals surface area contributed by atoms with Crippen molar-refractivity contribution in [3.8, 4) is 17.1 Å². The van der Waals surface area contributed by atoms with E-state index in [-0.39, 0.29) is 11.7 Å². The van der Waals surface area contributed by atoms with E-state index in [9.17, 15) is 4.79 Å². The van der Waals surface area contributed by atoms with Crippen molar-refractivity contribution in [2.75, 3.05) is 17.8 Å². The maximum atomic E-state index is 13.2. The van der Waals surface area contributed by atoms with Gasteiger partial charge in [0.1, 0.15) is 5.75 Å². The van der Waals surface area contributed by atoms with Crippen molar-refractivity contribution in [2.45, 2.75) is 11.7 Å². The number of pyridine rings is 1. The van der Waals surface area contributed by atoms with E-state index in [1.54, 1.807) is 35.7 Å². The van der Waals surface area contributed by atoms with E-state index in [0.717, 1.165) is 27.7 Å². The third-order valence-corrected chi connectivity index (χ3v) is 6.54. The molecular formula is C22H21N5O2S2. The van der Waals surface area contributed by atoms with E-state index >= 15 is 0 Å². The molecule has 3 aromatic heterocycles. The summed E-state index contributed by atoms with van der Waals surface area (Å²) < 4.78 is 7.14. The zero-order valence-corrected chi connectivity index (χ0v) is 18.8. The SMILES string of the molecule is COc1ccc(N(Cc2cccs2)C(=O)CSc2nnc(-c3ccncc3)n2C)cc1. The van der Waals surface area contributed by atoms with Crippen LogP contribution in [0.2, 0.25) is 0 Å². The van der Waals surface area contributed by atoms with Crippen molar-refractivity contribution in [2.24, 2.45) is 7.05 Å². The highest BCUT2D eigenvalue weighted by Crippen LogP contribution is 2.26. The molecule has 0 spiro atoms. The molecule has 9 heteroatoms. The van der Waals surface area contributed by atoms with Crippen LogP contribution >= 0.6 is 23.1 Å². The summed E-state index contributed by atoms with van der Waals surface area (Å²) in [4.78, 5) is 20.1. The Labute approximate surface area is 188 Å². The molecule has 3 heterocycles. The fraction of sp³-hybridized carbons (Fsp3) is 0.182. The van der Waals surface area contributed by atoms with Crippen LogP contribution in [0.3, 0.4) is 0 Å². The first-order valence-electron chi connectivity index (χ1n) is 9.55. The first-order chi connectivity index (χ1) is 15.2. The Morgan fingerprint density at radius 1 is 1.13 bits per heavy atom. The van der Waals surface area contributed by atoms with Gasteiger partial charge in [-0.25, -0.2) is 0 Å². The molecule has 158 valence electrons. The van der Waals surface area contributed by atoms with Gasteiger partial charge in [-0.2, -0.15) is 0 Å². The van der Waals surface area contributed by atoms with Gasteiger partial charge in [-0.1, -0.05) is 17.8 Å². The standard InChI is InChI=1S/C22H21N5O2S2/c1-26-21(16-9-11-23-12-10-16)24-25-22(26)31-15-20(28)27(14-19-4-3-13-30-19)17-5-7-18(29-2)8-6-17/h3-13H,14-15H2,1-2H3. The minimum Gasteiger partial charge on any atom is -0.497 e. The summed E-state index contributed by atoms with van der Waals surface area (Å²) in [5, 5.41) is 11.2. The van der Waals surface area contributed by atoms with E-state index < -0.39 is 0 Å². The number of thiophene rings is 1. The molecule has 4 rings (SSSR count). The number of methoxy groups -OCH3 is 1. The smallest absolute Gasteiger partial charge is 0.237 e. The summed E-state index contributed by atoms with van der Waals surface area (Å²) >= 11 is 3.01. The van der Waals surface area contributed by atoms with E-state index in [1.807, 2.05) is 65.5 Å². The molecule has 0 aliphatic carbocycles. The number of hydrogen-bond acceptors (Lipinski definition) is 7. The topological polar surface area (TPSA) is 73.1 Å². The summed E-state index contributed by atoms with van der Waals surface area (Å²) in [6, 6.07) is 15.3. The van der Waals surface area contributed by atoms with Crippen LogP contribution in [0, 0.1) is 0 Å². The van der Waals surface area contributed by atoms with Crippen LogP contribution in [0.1, 0.15) is 4.88 Å². The van der Waals surface area contributed by atoms with Gasteiger partial charge in [0, 0.05) is 35.6 Å². The molecule has 0 saturated heterocycles. The van der Waals surface area contributed by atoms with Crippen LogP contribution < -0.4 is 9.64 Å². The molecule has 0 aliphatic rings. The Balaban J connectivity index is 1.50. The second-order valence-electron chi connectivity index (χ2n) is 6.65. The van der Waals surface area contributed by atoms with E-state index in [2.05, 4.69) is 15.2 Å². The second kappa shape index (κ2) is 9.76. The fourth-order valence-corrected chi connectivity index (χ4v) is 4.52. The van der Waals surface area contributed by atoms with Crippen molar-refractivity contribution in [3.63, 3.8) is 0 Å². The molecule has 0 unspecified atom stereocenters. The molecule has 0 radical (unpaired) electrons. The van der Waals surface area contributed by atoms with Crippen LogP contribution in [0.5, 0.6) is 5.75 Å². The van der Waals surface area contributed by atoms with Gasteiger partial charge in [0.25, 0.3) is 0 Å². The van der Waals surface area contributed by atoms with Crippen LogP contribution in [-0.4, -0.2) is 38.5 Å². The lowest BCUT2D eigenvalue weighted by Crippen LogP contribution is -2.31. The lowest BCUT2D eigenvalue weighted by molar-refractivity contribution is -0.116. The van der Waals surface area contributed by atoms with Crippen molar-refractivity contribution in [3.05, 3.63) is 71.2 Å². The number of thioether (sulfide) groups is 1. The highest BCUT2D eigenvalue weighted by atomic mass is 32.2. The molecular weight excluding hydrogens is 430 g/mol. The number of nitrogens with zero attached hydrogens (tertiary/aromatic N) is 5. The number of amides is 1. The lowest BCUT2D eigenvalue weighted by Gasteiger charge is -2.22. The fourth-order valence-electron chi connectivity index (χ4n) is 3.04. The average molecular weight is 452 g/mol. The number of ether oxygens (including phenoxy) is 1. The highest BCUT2D eigenvalue weighted by Gasteiger charge is 2.19. The Hall–Kier alpha value is -3.17. The molecule has 0 fully saturated rings. The van der Waals surface area contributed by atoms with Crippen molar-refractivity contribution in [1.82, 2.24) is 19.7 Å². The van der Waals surface area contributed by atoms with Crippen molar-refractivity contribution in [1.29, 1.82) is 0 Å². The molecule has 0 atom stereocenters. The molecule has 0 saturated carbocycles. The van der Waals surface area contributed by atoms with Gasteiger partial charge in [0.05, 0.1) is 19.4 Å². The van der Waals surface area contributed by atoms with Gasteiger partial charge < -0.3 is 14.2 Å². The molecule has 7 nitrogen and oxygen atoms in total. The Kier molecular flexibility index (Phi) is 6.63. The Bertz CT molecular complexity index is 1130. The maximum Gasteiger partial charge on any atom is 0.237 e. The number of carbonyl (C=O) groups excluding carboxylic acids is 1. The van der Waals surface area contributed by atoms with Crippen LogP contribution in [0.25, 0.3) is 11.4 Å². The van der Waals surface area contributed by atoms with Gasteiger partial charge >= 0.3 is 0 Å². The zero-order valence-electron chi connectivity index (χ0n) is 17.1. The van der Waals surface area contributed by atoms with Crippen molar-refractivity contribution >= 4 is 34.7 Å². The van der Waals surface area contributed by atoms with E-state index in [4.69, 9.17) is 4.74 Å². The summed E-state index contributed by atoms with van der Waals surface area (Å²) in [5.41, 5.74) is 1.76. The number of hydrogen-bond donors (Lipinski definition) is 0. The van der Waals surface area contributed by atoms with Gasteiger partial charge in [0.2, 0.25) is 5.91 Å². The number of anilines is 1. The monoisotopic (exact) mass is 451 g/mol. The highest BCUT2D eigenvalue weighted by molar-refractivity contribution is 7.99. The van der Waals surface area contributed by atoms with Crippen molar-refractivity contribution < 1.29 is 9.53 Å². The first-order valence-corrected chi connectivity index (χ1v) is 11.4. The molecule has 1 amide bonds. The number of carbonyl (C=O) groups is 1. The lowest BCUT2D eigenvalue weighted by atomic mass is 10.2. The molecule has 0 aliphatic heterocycles. The molecule has 31 heavy (non-hydrogen) atoms. The second-order valence-corrected chi connectivity index (χ2v) is 8.62. The number of benzene rings is 1. The van der Waals surface area contributed by atoms with Crippen LogP contribution in [-0.2, 0) is 18.4 Å². The normalized spacial score (nSPS) is 10.8. The summed E-state index contributed by atoms with van der Waals surface area (Å²) in [5.74, 6) is 1.74. The van der Waals surface area contributed by atoms with Crippen LogP contribution in [0.15, 0.2) is 71.5 Å². The number of rotatable bonds is 8.